The van der Waals surface area contributed by atoms with Gasteiger partial charge >= 0.3 is 0 Å². The zero-order chi connectivity index (χ0) is 13.9. The van der Waals surface area contributed by atoms with Gasteiger partial charge in [0.05, 0.1) is 0 Å². The van der Waals surface area contributed by atoms with Gasteiger partial charge in [0.15, 0.2) is 0 Å². The van der Waals surface area contributed by atoms with Crippen molar-refractivity contribution in [3.8, 4) is 0 Å². The third kappa shape index (κ3) is 3.48. The van der Waals surface area contributed by atoms with Crippen LogP contribution in [0.2, 0.25) is 0 Å². The topological polar surface area (TPSA) is 58.2 Å². The van der Waals surface area contributed by atoms with E-state index in [0.717, 1.165) is 25.7 Å². The van der Waals surface area contributed by atoms with Gasteiger partial charge in [-0.15, -0.1) is 0 Å². The van der Waals surface area contributed by atoms with Crippen molar-refractivity contribution in [1.82, 2.24) is 10.6 Å². The second-order valence-corrected chi connectivity index (χ2v) is 6.42. The van der Waals surface area contributed by atoms with Crippen LogP contribution in [0.1, 0.15) is 65.2 Å². The van der Waals surface area contributed by atoms with E-state index in [1.807, 2.05) is 0 Å². The minimum absolute atomic E-state index is 0.00602. The molecule has 0 aromatic carbocycles. The predicted molar refractivity (Wildman–Crippen MR) is 74.6 cm³/mol. The zero-order valence-corrected chi connectivity index (χ0v) is 12.1. The normalized spacial score (nSPS) is 36.2. The summed E-state index contributed by atoms with van der Waals surface area (Å²) < 4.78 is 0. The van der Waals surface area contributed by atoms with Crippen LogP contribution in [0.5, 0.6) is 0 Å². The highest BCUT2D eigenvalue weighted by molar-refractivity contribution is 5.88. The number of rotatable bonds is 2. The van der Waals surface area contributed by atoms with E-state index in [2.05, 4.69) is 24.5 Å². The smallest absolute Gasteiger partial charge is 0.243 e. The monoisotopic (exact) mass is 266 g/mol. The largest absolute Gasteiger partial charge is 0.349 e. The summed E-state index contributed by atoms with van der Waals surface area (Å²) in [6, 6.07) is -0.332. The molecule has 0 aromatic heterocycles. The number of amides is 2. The van der Waals surface area contributed by atoms with Crippen LogP contribution in [-0.4, -0.2) is 23.4 Å². The van der Waals surface area contributed by atoms with Gasteiger partial charge in [0.25, 0.3) is 0 Å². The predicted octanol–water partition coefficient (Wildman–Crippen LogP) is 2.13. The molecule has 2 fully saturated rings. The van der Waals surface area contributed by atoms with E-state index in [1.54, 1.807) is 0 Å². The molecule has 4 heteroatoms. The molecule has 4 nitrogen and oxygen atoms in total. The van der Waals surface area contributed by atoms with Crippen molar-refractivity contribution in [3.05, 3.63) is 0 Å². The van der Waals surface area contributed by atoms with Crippen LogP contribution in [0.25, 0.3) is 0 Å². The van der Waals surface area contributed by atoms with E-state index in [4.69, 9.17) is 0 Å². The van der Waals surface area contributed by atoms with Crippen LogP contribution in [0, 0.1) is 5.92 Å². The van der Waals surface area contributed by atoms with Gasteiger partial charge < -0.3 is 10.6 Å². The summed E-state index contributed by atoms with van der Waals surface area (Å²) in [5, 5.41) is 6.06. The van der Waals surface area contributed by atoms with Crippen molar-refractivity contribution in [1.29, 1.82) is 0 Å². The molecule has 0 radical (unpaired) electrons. The highest BCUT2D eigenvalue weighted by Crippen LogP contribution is 2.33. The van der Waals surface area contributed by atoms with Crippen LogP contribution in [0.4, 0.5) is 0 Å². The Balaban J connectivity index is 1.97. The number of hydrogen-bond donors (Lipinski definition) is 2. The van der Waals surface area contributed by atoms with Crippen LogP contribution in [0.3, 0.4) is 0 Å². The lowest BCUT2D eigenvalue weighted by Crippen LogP contribution is -2.57. The Morgan fingerprint density at radius 3 is 2.74 bits per heavy atom. The third-order valence-electron chi connectivity index (χ3n) is 4.88. The Labute approximate surface area is 115 Å². The van der Waals surface area contributed by atoms with Crippen molar-refractivity contribution in [2.45, 2.75) is 76.8 Å². The molecule has 2 rings (SSSR count). The highest BCUT2D eigenvalue weighted by atomic mass is 16.2. The number of carbonyl (C=O) groups excluding carboxylic acids is 2. The van der Waals surface area contributed by atoms with E-state index in [-0.39, 0.29) is 23.4 Å². The Morgan fingerprint density at radius 2 is 2.00 bits per heavy atom. The van der Waals surface area contributed by atoms with Gasteiger partial charge in [-0.25, -0.2) is 0 Å². The average Bonchev–Trinajstić information content (AvgIpc) is 2.58. The van der Waals surface area contributed by atoms with Gasteiger partial charge in [-0.2, -0.15) is 0 Å². The number of hydrogen-bond acceptors (Lipinski definition) is 2. The zero-order valence-electron chi connectivity index (χ0n) is 12.1. The standard InChI is InChI=1S/C15H26N2O2/c1-11-7-5-6-10-15(11,2)17-14(19)12-8-3-4-9-13(18)16-12/h11-12H,3-10H2,1-2H3,(H,16,18)(H,17,19). The van der Waals surface area contributed by atoms with Gasteiger partial charge in [0, 0.05) is 12.0 Å². The van der Waals surface area contributed by atoms with E-state index >= 15 is 0 Å². The summed E-state index contributed by atoms with van der Waals surface area (Å²) in [6.45, 7) is 4.36. The minimum Gasteiger partial charge on any atom is -0.349 e. The molecule has 0 bridgehead atoms. The number of carbonyl (C=O) groups is 2. The lowest BCUT2D eigenvalue weighted by molar-refractivity contribution is -0.130. The summed E-state index contributed by atoms with van der Waals surface area (Å²) in [5.41, 5.74) is -0.105. The molecule has 0 aromatic rings. The highest BCUT2D eigenvalue weighted by Gasteiger charge is 2.36. The molecule has 1 saturated heterocycles. The molecule has 3 unspecified atom stereocenters. The van der Waals surface area contributed by atoms with E-state index in [0.29, 0.717) is 12.3 Å². The van der Waals surface area contributed by atoms with Crippen LogP contribution < -0.4 is 10.6 Å². The maximum absolute atomic E-state index is 12.4. The SMILES string of the molecule is CC1CCCCC1(C)NC(=O)C1CCCCC(=O)N1. The Morgan fingerprint density at radius 1 is 1.26 bits per heavy atom. The molecule has 19 heavy (non-hydrogen) atoms. The summed E-state index contributed by atoms with van der Waals surface area (Å²) in [7, 11) is 0. The van der Waals surface area contributed by atoms with Crippen molar-refractivity contribution >= 4 is 11.8 Å². The fourth-order valence-corrected chi connectivity index (χ4v) is 3.23. The molecular formula is C15H26N2O2. The van der Waals surface area contributed by atoms with Gasteiger partial charge in [-0.3, -0.25) is 9.59 Å². The van der Waals surface area contributed by atoms with E-state index in [9.17, 15) is 9.59 Å². The molecule has 0 spiro atoms. The molecule has 1 saturated carbocycles. The fraction of sp³-hybridized carbons (Fsp3) is 0.867. The first kappa shape index (κ1) is 14.4. The molecule has 1 aliphatic carbocycles. The molecule has 1 heterocycles. The third-order valence-corrected chi connectivity index (χ3v) is 4.88. The molecule has 1 aliphatic heterocycles. The molecule has 2 aliphatic rings. The van der Waals surface area contributed by atoms with Crippen molar-refractivity contribution < 1.29 is 9.59 Å². The maximum atomic E-state index is 12.4. The number of nitrogens with one attached hydrogen (secondary N) is 2. The average molecular weight is 266 g/mol. The minimum atomic E-state index is -0.332. The molecule has 108 valence electrons. The van der Waals surface area contributed by atoms with Crippen molar-refractivity contribution in [3.63, 3.8) is 0 Å². The first-order valence-corrected chi connectivity index (χ1v) is 7.63. The van der Waals surface area contributed by atoms with Gasteiger partial charge in [-0.1, -0.05) is 26.2 Å². The van der Waals surface area contributed by atoms with Gasteiger partial charge in [0.2, 0.25) is 11.8 Å². The van der Waals surface area contributed by atoms with Gasteiger partial charge in [0.1, 0.15) is 6.04 Å². The molecule has 3 atom stereocenters. The lowest BCUT2D eigenvalue weighted by atomic mass is 9.75. The Hall–Kier alpha value is -1.06. The Bertz CT molecular complexity index is 356. The van der Waals surface area contributed by atoms with Crippen LogP contribution in [-0.2, 0) is 9.59 Å². The quantitative estimate of drug-likeness (QED) is 0.804. The van der Waals surface area contributed by atoms with Gasteiger partial charge in [-0.05, 0) is 38.5 Å². The van der Waals surface area contributed by atoms with E-state index < -0.39 is 0 Å². The van der Waals surface area contributed by atoms with Crippen LogP contribution in [0.15, 0.2) is 0 Å². The summed E-state index contributed by atoms with van der Waals surface area (Å²) in [6.07, 6.45) is 7.81. The summed E-state index contributed by atoms with van der Waals surface area (Å²) >= 11 is 0. The summed E-state index contributed by atoms with van der Waals surface area (Å²) in [4.78, 5) is 23.9. The molecular weight excluding hydrogens is 240 g/mol. The lowest BCUT2D eigenvalue weighted by Gasteiger charge is -2.41. The second-order valence-electron chi connectivity index (χ2n) is 6.42. The molecule has 2 amide bonds. The maximum Gasteiger partial charge on any atom is 0.243 e. The fourth-order valence-electron chi connectivity index (χ4n) is 3.23. The first-order chi connectivity index (χ1) is 9.01. The van der Waals surface area contributed by atoms with Crippen LogP contribution >= 0.6 is 0 Å². The van der Waals surface area contributed by atoms with E-state index in [1.165, 1.54) is 19.3 Å². The van der Waals surface area contributed by atoms with Crippen molar-refractivity contribution in [2.75, 3.05) is 0 Å². The van der Waals surface area contributed by atoms with Crippen molar-refractivity contribution in [2.24, 2.45) is 5.92 Å². The summed E-state index contributed by atoms with van der Waals surface area (Å²) in [5.74, 6) is 0.526. The Kier molecular flexibility index (Phi) is 4.48. The second kappa shape index (κ2) is 5.93. The molecule has 2 N–H and O–H groups in total. The first-order valence-electron chi connectivity index (χ1n) is 7.63.